The quantitative estimate of drug-likeness (QED) is 0.0151. The maximum absolute atomic E-state index is 15.2. The van der Waals surface area contributed by atoms with Crippen molar-refractivity contribution in [2.75, 3.05) is 52.4 Å². The van der Waals surface area contributed by atoms with Gasteiger partial charge in [0.15, 0.2) is 11.9 Å². The van der Waals surface area contributed by atoms with Gasteiger partial charge in [-0.15, -0.1) is 0 Å². The molecule has 0 aliphatic carbocycles. The van der Waals surface area contributed by atoms with Crippen LogP contribution < -0.4 is 74.9 Å². The fraction of sp³-hybridized carbons (Fsp3) is 0.500. The average Bonchev–Trinajstić information content (AvgIpc) is 1.06. The first-order chi connectivity index (χ1) is 53.7. The summed E-state index contributed by atoms with van der Waals surface area (Å²) in [6, 6.07) is 15.3. The summed E-state index contributed by atoms with van der Waals surface area (Å²) < 4.78 is 0. The number of unbranched alkanes of at least 4 members (excludes halogenated alkanes) is 2. The summed E-state index contributed by atoms with van der Waals surface area (Å²) in [6.07, 6.45) is 4.77. The Morgan fingerprint density at radius 1 is 0.518 bits per heavy atom. The molecule has 2 heterocycles. The molecule has 6 rings (SSSR count). The second-order valence-corrected chi connectivity index (χ2v) is 28.5. The molecule has 1 fully saturated rings. The highest BCUT2D eigenvalue weighted by atomic mass is 35.5. The number of fused-ring (bicyclic) bond motifs is 1. The third kappa shape index (κ3) is 30.4. The third-order valence-corrected chi connectivity index (χ3v) is 18.7. The van der Waals surface area contributed by atoms with Crippen molar-refractivity contribution in [3.63, 3.8) is 0 Å². The third-order valence-electron chi connectivity index (χ3n) is 18.5. The van der Waals surface area contributed by atoms with Crippen molar-refractivity contribution >= 4 is 99.3 Å². The number of hydrogen-bond donors (Lipinski definition) is 16. The monoisotopic (exact) mass is 1570 g/mol. The van der Waals surface area contributed by atoms with E-state index in [0.717, 1.165) is 10.8 Å². The molecule has 1 aliphatic rings. The van der Waals surface area contributed by atoms with Crippen molar-refractivity contribution in [1.82, 2.24) is 79.0 Å². The molecule has 0 radical (unpaired) electrons. The van der Waals surface area contributed by atoms with Crippen molar-refractivity contribution in [2.45, 2.75) is 199 Å². The fourth-order valence-corrected chi connectivity index (χ4v) is 12.8. The van der Waals surface area contributed by atoms with Gasteiger partial charge in [-0.1, -0.05) is 98.2 Å². The van der Waals surface area contributed by atoms with E-state index in [0.29, 0.717) is 104 Å². The average molecular weight is 1570 g/mol. The van der Waals surface area contributed by atoms with E-state index in [1.165, 1.54) is 55.4 Å². The molecule has 0 bridgehead atoms. The highest BCUT2D eigenvalue weighted by Crippen LogP contribution is 2.23. The molecule has 112 heavy (non-hydrogen) atoms. The number of nitrogens with one attached hydrogen (secondary N) is 13. The number of benzene rings is 4. The number of phenolic OH excluding ortho intramolecular Hbond substituents is 1. The van der Waals surface area contributed by atoms with Crippen LogP contribution in [0.3, 0.4) is 0 Å². The van der Waals surface area contributed by atoms with Crippen LogP contribution in [0.15, 0.2) is 126 Å². The second kappa shape index (κ2) is 47.3. The topological polar surface area (TPSA) is 451 Å². The molecule has 1 aliphatic heterocycles. The Morgan fingerprint density at radius 3 is 1.47 bits per heavy atom. The van der Waals surface area contributed by atoms with E-state index in [1.807, 2.05) is 84.0 Å². The summed E-state index contributed by atoms with van der Waals surface area (Å²) in [5.41, 5.74) is 7.61. The first-order valence-electron chi connectivity index (χ1n) is 38.6. The number of aliphatic imine (C=N–C) groups is 2. The number of carbonyl (C=O) groups is 11. The summed E-state index contributed by atoms with van der Waals surface area (Å²) in [5.74, 6) is -7.72. The van der Waals surface area contributed by atoms with Crippen LogP contribution in [-0.2, 0) is 78.4 Å². The van der Waals surface area contributed by atoms with Crippen molar-refractivity contribution in [1.29, 1.82) is 0 Å². The molecule has 31 nitrogen and oxygen atoms in total. The van der Waals surface area contributed by atoms with Gasteiger partial charge < -0.3 is 90.0 Å². The molecule has 0 saturated carbocycles. The summed E-state index contributed by atoms with van der Waals surface area (Å²) >= 11 is 6.26. The largest absolute Gasteiger partial charge is 0.508 e. The van der Waals surface area contributed by atoms with Crippen LogP contribution in [0.25, 0.3) is 10.8 Å². The first-order valence-corrected chi connectivity index (χ1v) is 38.9. The number of aliphatic hydroxyl groups excluding tert-OH is 1. The van der Waals surface area contributed by atoms with Crippen LogP contribution >= 0.6 is 11.6 Å². The number of amides is 11. The van der Waals surface area contributed by atoms with Gasteiger partial charge in [-0.05, 0) is 162 Å². The van der Waals surface area contributed by atoms with Gasteiger partial charge >= 0.3 is 0 Å². The Balaban J connectivity index is 1.29. The van der Waals surface area contributed by atoms with Gasteiger partial charge in [0.2, 0.25) is 65.0 Å². The number of nitrogens with two attached hydrogens (primary N) is 1. The van der Waals surface area contributed by atoms with Gasteiger partial charge in [-0.3, -0.25) is 67.7 Å². The number of pyridine rings is 1. The number of aliphatic hydroxyl groups is 1. The van der Waals surface area contributed by atoms with Crippen LogP contribution in [-0.4, -0.2) is 210 Å². The van der Waals surface area contributed by atoms with Crippen molar-refractivity contribution in [3.05, 3.63) is 143 Å². The second-order valence-electron chi connectivity index (χ2n) is 28.0. The van der Waals surface area contributed by atoms with Crippen molar-refractivity contribution < 1.29 is 63.0 Å². The standard InChI is InChI=1S/C80H113ClN18O13/c1-9-84-79(85-10-2)88-38-17-15-24-60(70(104)94-62(41-49(5)6)71(105)93-61(25-16-18-39-89-80(86-11-3)87-12-4)78(112)99-40-20-26-68(99)77(111)90-50(7)69(82)103)92-73(107)64(44-53-30-35-59(102)36-31-53)97-76(110)67(48-100)98-75(109)66(46-55-21-19-37-83-47-55)96-74(108)65(43-52-28-33-58(81)34-29-52)95-72(106)63(91-51(8)101)45-54-27-32-56-22-13-14-23-57(56)42-54/h13-14,19,21-23,27-37,42,47,49-50,60-68,100,102H,9-12,15-18,20,24-26,38-41,43-46,48H2,1-8H3,(H2,82,103)(H,90,111)(H,91,101)(H,92,107)(H,93,105)(H,94,104)(H,95,106)(H,96,108)(H,97,110)(H,98,109)(H2,84,85,88)(H2,86,87,89)/t50-,60-,61+,62+,63+,64+,65-,66-,67+,68+/m1/s1. The zero-order chi connectivity index (χ0) is 81.7. The first kappa shape index (κ1) is 89.9. The number of carbonyl (C=O) groups excluding carboxylic acids is 11. The van der Waals surface area contributed by atoms with Crippen LogP contribution in [0.1, 0.15) is 135 Å². The van der Waals surface area contributed by atoms with Gasteiger partial charge in [0, 0.05) is 95.8 Å². The number of nitrogens with zero attached hydrogens (tertiary/aromatic N) is 4. The lowest BCUT2D eigenvalue weighted by Crippen LogP contribution is -2.61. The van der Waals surface area contributed by atoms with Crippen LogP contribution in [0.5, 0.6) is 5.75 Å². The Morgan fingerprint density at radius 2 is 0.964 bits per heavy atom. The molecular weight excluding hydrogens is 1460 g/mol. The molecule has 32 heteroatoms. The van der Waals surface area contributed by atoms with Gasteiger partial charge in [-0.25, -0.2) is 0 Å². The number of aromatic hydroxyl groups is 1. The van der Waals surface area contributed by atoms with E-state index in [9.17, 15) is 53.4 Å². The van der Waals surface area contributed by atoms with E-state index < -0.39 is 132 Å². The molecule has 17 N–H and O–H groups in total. The SMILES string of the molecule is CCNC(=NCCCC[C@H](NC(=O)[C@H](CC(C)C)NC(=O)[C@@H](CCCCN=C(NCC)NCC)NC(=O)[C@H](Cc1ccc(O)cc1)NC(=O)[C@H](CO)NC(=O)[C@@H](Cc1cccnc1)NC(=O)[C@@H](Cc1ccc(Cl)cc1)NC(=O)[C@H](Cc1ccc2ccccc2c1)NC(C)=O)C(=O)N1CCC[C@H]1C(=O)N[C@H](C)C(N)=O)NCC. The van der Waals surface area contributed by atoms with Gasteiger partial charge in [0.25, 0.3) is 0 Å². The lowest BCUT2D eigenvalue weighted by atomic mass is 9.99. The Labute approximate surface area is 660 Å². The molecule has 11 amide bonds. The molecule has 0 unspecified atom stereocenters. The number of aromatic nitrogens is 1. The van der Waals surface area contributed by atoms with E-state index in [-0.39, 0.29) is 76.0 Å². The summed E-state index contributed by atoms with van der Waals surface area (Å²) in [6.45, 7) is 16.3. The molecule has 608 valence electrons. The normalized spacial score (nSPS) is 14.8. The zero-order valence-corrected chi connectivity index (χ0v) is 66.1. The maximum Gasteiger partial charge on any atom is 0.245 e. The molecule has 4 aromatic carbocycles. The maximum atomic E-state index is 15.2. The Hall–Kier alpha value is -10.9. The van der Waals surface area contributed by atoms with E-state index in [2.05, 4.69) is 84.1 Å². The predicted octanol–water partition coefficient (Wildman–Crippen LogP) is 2.27. The smallest absolute Gasteiger partial charge is 0.245 e. The predicted molar refractivity (Wildman–Crippen MR) is 429 cm³/mol. The molecule has 0 spiro atoms. The highest BCUT2D eigenvalue weighted by Gasteiger charge is 2.40. The molecule has 1 aromatic heterocycles. The minimum Gasteiger partial charge on any atom is -0.508 e. The lowest BCUT2D eigenvalue weighted by molar-refractivity contribution is -0.142. The van der Waals surface area contributed by atoms with Gasteiger partial charge in [-0.2, -0.15) is 0 Å². The van der Waals surface area contributed by atoms with Crippen LogP contribution in [0, 0.1) is 5.92 Å². The number of primary amides is 1. The summed E-state index contributed by atoms with van der Waals surface area (Å²) in [7, 11) is 0. The van der Waals surface area contributed by atoms with Crippen LogP contribution in [0.2, 0.25) is 5.02 Å². The number of halogens is 1. The minimum atomic E-state index is -1.82. The van der Waals surface area contributed by atoms with E-state index in [1.54, 1.807) is 36.4 Å². The summed E-state index contributed by atoms with van der Waals surface area (Å²) in [4.78, 5) is 172. The van der Waals surface area contributed by atoms with E-state index >= 15 is 9.59 Å². The van der Waals surface area contributed by atoms with Crippen molar-refractivity contribution in [3.8, 4) is 5.75 Å². The molecule has 10 atom stereocenters. The highest BCUT2D eigenvalue weighted by molar-refractivity contribution is 6.30. The number of likely N-dealkylation sites (tertiary alicyclic amines) is 1. The molecule has 5 aromatic rings. The summed E-state index contributed by atoms with van der Waals surface area (Å²) in [5, 5.41) is 60.9. The van der Waals surface area contributed by atoms with Gasteiger partial charge in [0.05, 0.1) is 6.61 Å². The number of guanidine groups is 2. The molecule has 1 saturated heterocycles. The fourth-order valence-electron chi connectivity index (χ4n) is 12.7. The number of phenols is 1. The Bertz CT molecular complexity index is 3970. The Kier molecular flexibility index (Phi) is 38.0. The van der Waals surface area contributed by atoms with Crippen molar-refractivity contribution in [2.24, 2.45) is 21.6 Å². The number of hydrogen-bond acceptors (Lipinski definition) is 16. The van der Waals surface area contributed by atoms with Crippen LogP contribution in [0.4, 0.5) is 0 Å². The minimum absolute atomic E-state index is 0.0365. The lowest BCUT2D eigenvalue weighted by Gasteiger charge is -2.31. The molecular formula is C80H113ClN18O13. The zero-order valence-electron chi connectivity index (χ0n) is 65.3. The van der Waals surface area contributed by atoms with E-state index in [4.69, 9.17) is 17.3 Å². The van der Waals surface area contributed by atoms with Gasteiger partial charge in [0.1, 0.15) is 66.2 Å². The number of rotatable bonds is 44.